The summed E-state index contributed by atoms with van der Waals surface area (Å²) in [4.78, 5) is 62.2. The molecule has 2 amide bonds. The van der Waals surface area contributed by atoms with Crippen molar-refractivity contribution < 1.29 is 38.6 Å². The molecule has 1 rings (SSSR count). The minimum Gasteiger partial charge on any atom is -0.481 e. The highest BCUT2D eigenvalue weighted by molar-refractivity contribution is 6.14. The fourth-order valence-corrected chi connectivity index (χ4v) is 2.96. The standard InChI is InChI=1S/C22H31N3O8/c1-13(24-20(31)33-21(2,3)4)18(29)25-22(19(30)32-5,12-14-9-7-6-8-10-14)17(28)15(23)11-16(26)27/h6-10,13,15H,11-12,23H2,1-5H3,(H,24,31)(H,25,29)(H,26,27)/t13-,15+,22-/m1/s1. The molecule has 0 fully saturated rings. The minimum absolute atomic E-state index is 0.350. The maximum atomic E-state index is 13.3. The molecule has 11 heteroatoms. The van der Waals surface area contributed by atoms with Gasteiger partial charge in [-0.05, 0) is 33.3 Å². The highest BCUT2D eigenvalue weighted by atomic mass is 16.6. The number of ether oxygens (including phenoxy) is 2. The number of alkyl carbamates (subject to hydrolysis) is 1. The monoisotopic (exact) mass is 465 g/mol. The van der Waals surface area contributed by atoms with Gasteiger partial charge >= 0.3 is 18.0 Å². The second-order valence-electron chi connectivity index (χ2n) is 8.49. The number of methoxy groups -OCH3 is 1. The second kappa shape index (κ2) is 11.4. The normalized spacial score (nSPS) is 14.7. The van der Waals surface area contributed by atoms with Crippen molar-refractivity contribution in [2.45, 2.75) is 63.8 Å². The molecule has 0 heterocycles. The lowest BCUT2D eigenvalue weighted by Gasteiger charge is -2.33. The van der Waals surface area contributed by atoms with Gasteiger partial charge in [-0.1, -0.05) is 30.3 Å². The van der Waals surface area contributed by atoms with Crippen LogP contribution in [0.2, 0.25) is 0 Å². The predicted molar refractivity (Wildman–Crippen MR) is 117 cm³/mol. The lowest BCUT2D eigenvalue weighted by Crippen LogP contribution is -2.67. The number of carboxylic acids is 1. The molecule has 0 aliphatic rings. The number of hydrogen-bond acceptors (Lipinski definition) is 8. The number of aliphatic carboxylic acids is 1. The Labute approximate surface area is 192 Å². The summed E-state index contributed by atoms with van der Waals surface area (Å²) in [6.07, 6.45) is -2.00. The summed E-state index contributed by atoms with van der Waals surface area (Å²) in [7, 11) is 1.02. The fourth-order valence-electron chi connectivity index (χ4n) is 2.96. The fraction of sp³-hybridized carbons (Fsp3) is 0.500. The predicted octanol–water partition coefficient (Wildman–Crippen LogP) is 0.541. The Hall–Kier alpha value is -3.47. The van der Waals surface area contributed by atoms with Gasteiger partial charge in [0.25, 0.3) is 0 Å². The van der Waals surface area contributed by atoms with E-state index in [1.54, 1.807) is 51.1 Å². The van der Waals surface area contributed by atoms with Gasteiger partial charge in [0, 0.05) is 6.42 Å². The van der Waals surface area contributed by atoms with Crippen molar-refractivity contribution in [1.82, 2.24) is 10.6 Å². The Morgan fingerprint density at radius 2 is 1.67 bits per heavy atom. The molecule has 0 aromatic heterocycles. The Bertz CT molecular complexity index is 881. The molecule has 3 atom stereocenters. The lowest BCUT2D eigenvalue weighted by molar-refractivity contribution is -0.157. The highest BCUT2D eigenvalue weighted by Gasteiger charge is 2.51. The summed E-state index contributed by atoms with van der Waals surface area (Å²) in [6.45, 7) is 6.25. The molecule has 0 bridgehead atoms. The molecular weight excluding hydrogens is 434 g/mol. The first kappa shape index (κ1) is 27.6. The molecule has 1 aromatic rings. The van der Waals surface area contributed by atoms with Crippen LogP contribution < -0.4 is 16.4 Å². The van der Waals surface area contributed by atoms with Crippen LogP contribution >= 0.6 is 0 Å². The van der Waals surface area contributed by atoms with Crippen molar-refractivity contribution in [3.05, 3.63) is 35.9 Å². The van der Waals surface area contributed by atoms with Crippen LogP contribution in [-0.2, 0) is 35.1 Å². The van der Waals surface area contributed by atoms with E-state index in [-0.39, 0.29) is 6.42 Å². The van der Waals surface area contributed by atoms with E-state index >= 15 is 0 Å². The third-order valence-electron chi connectivity index (χ3n) is 4.46. The number of esters is 1. The van der Waals surface area contributed by atoms with Crippen LogP contribution in [0.15, 0.2) is 30.3 Å². The number of carbonyl (C=O) groups excluding carboxylic acids is 4. The quantitative estimate of drug-likeness (QED) is 0.284. The number of benzene rings is 1. The largest absolute Gasteiger partial charge is 0.481 e. The maximum absolute atomic E-state index is 13.3. The molecule has 0 aliphatic heterocycles. The van der Waals surface area contributed by atoms with E-state index < -0.39 is 59.4 Å². The van der Waals surface area contributed by atoms with Gasteiger partial charge in [-0.15, -0.1) is 0 Å². The number of carboxylic acid groups (broad SMARTS) is 1. The smallest absolute Gasteiger partial charge is 0.408 e. The molecule has 0 saturated carbocycles. The number of hydrogen-bond donors (Lipinski definition) is 4. The number of amides is 2. The maximum Gasteiger partial charge on any atom is 0.408 e. The first-order chi connectivity index (χ1) is 15.2. The number of rotatable bonds is 10. The van der Waals surface area contributed by atoms with Crippen LogP contribution in [0, 0.1) is 0 Å². The van der Waals surface area contributed by atoms with Crippen molar-refractivity contribution in [3.8, 4) is 0 Å². The number of carbonyl (C=O) groups is 5. The average molecular weight is 466 g/mol. The molecule has 33 heavy (non-hydrogen) atoms. The molecule has 0 saturated heterocycles. The van der Waals surface area contributed by atoms with E-state index in [4.69, 9.17) is 20.3 Å². The van der Waals surface area contributed by atoms with E-state index in [1.165, 1.54) is 6.92 Å². The number of nitrogens with one attached hydrogen (secondary N) is 2. The minimum atomic E-state index is -2.33. The third-order valence-corrected chi connectivity index (χ3v) is 4.46. The zero-order chi connectivity index (χ0) is 25.4. The zero-order valence-electron chi connectivity index (χ0n) is 19.3. The van der Waals surface area contributed by atoms with Crippen molar-refractivity contribution >= 4 is 29.7 Å². The van der Waals surface area contributed by atoms with Gasteiger partial charge in [0.05, 0.1) is 19.6 Å². The van der Waals surface area contributed by atoms with Crippen LogP contribution in [-0.4, -0.2) is 65.2 Å². The van der Waals surface area contributed by atoms with Crippen LogP contribution in [0.3, 0.4) is 0 Å². The van der Waals surface area contributed by atoms with Crippen LogP contribution in [0.5, 0.6) is 0 Å². The molecule has 0 radical (unpaired) electrons. The Morgan fingerprint density at radius 1 is 1.09 bits per heavy atom. The lowest BCUT2D eigenvalue weighted by atomic mass is 9.82. The van der Waals surface area contributed by atoms with Gasteiger partial charge in [0.15, 0.2) is 5.78 Å². The van der Waals surface area contributed by atoms with Gasteiger partial charge in [0.2, 0.25) is 11.4 Å². The molecular formula is C22H31N3O8. The van der Waals surface area contributed by atoms with Gasteiger partial charge in [-0.2, -0.15) is 0 Å². The Balaban J connectivity index is 3.32. The van der Waals surface area contributed by atoms with Gasteiger partial charge in [0.1, 0.15) is 11.6 Å². The molecule has 11 nitrogen and oxygen atoms in total. The molecule has 0 spiro atoms. The summed E-state index contributed by atoms with van der Waals surface area (Å²) in [5.41, 5.74) is 3.11. The summed E-state index contributed by atoms with van der Waals surface area (Å²) >= 11 is 0. The van der Waals surface area contributed by atoms with Crippen LogP contribution in [0.1, 0.15) is 39.7 Å². The SMILES string of the molecule is COC(=O)[C@](Cc1ccccc1)(NC(=O)[C@@H](C)NC(=O)OC(C)(C)C)C(=O)[C@@H](N)CC(=O)O. The summed E-state index contributed by atoms with van der Waals surface area (Å²) < 4.78 is 9.91. The first-order valence-electron chi connectivity index (χ1n) is 10.2. The molecule has 5 N–H and O–H groups in total. The van der Waals surface area contributed by atoms with Crippen molar-refractivity contribution in [1.29, 1.82) is 0 Å². The van der Waals surface area contributed by atoms with E-state index in [0.717, 1.165) is 7.11 Å². The van der Waals surface area contributed by atoms with Crippen molar-refractivity contribution in [2.24, 2.45) is 5.73 Å². The van der Waals surface area contributed by atoms with Crippen molar-refractivity contribution in [3.63, 3.8) is 0 Å². The van der Waals surface area contributed by atoms with Gasteiger partial charge in [-0.25, -0.2) is 9.59 Å². The summed E-state index contributed by atoms with van der Waals surface area (Å²) in [6, 6.07) is 5.43. The second-order valence-corrected chi connectivity index (χ2v) is 8.49. The van der Waals surface area contributed by atoms with E-state index in [2.05, 4.69) is 10.6 Å². The van der Waals surface area contributed by atoms with Gasteiger partial charge < -0.3 is 30.9 Å². The Kier molecular flexibility index (Phi) is 9.53. The molecule has 0 aliphatic carbocycles. The molecule has 1 aromatic carbocycles. The van der Waals surface area contributed by atoms with E-state index in [1.807, 2.05) is 0 Å². The summed E-state index contributed by atoms with van der Waals surface area (Å²) in [5, 5.41) is 13.7. The molecule has 182 valence electrons. The summed E-state index contributed by atoms with van der Waals surface area (Å²) in [5.74, 6) is -4.44. The van der Waals surface area contributed by atoms with E-state index in [9.17, 15) is 24.0 Å². The van der Waals surface area contributed by atoms with Crippen molar-refractivity contribution in [2.75, 3.05) is 7.11 Å². The topological polar surface area (TPSA) is 174 Å². The number of nitrogens with two attached hydrogens (primary N) is 1. The van der Waals surface area contributed by atoms with Crippen LogP contribution in [0.4, 0.5) is 4.79 Å². The van der Waals surface area contributed by atoms with E-state index in [0.29, 0.717) is 5.56 Å². The highest BCUT2D eigenvalue weighted by Crippen LogP contribution is 2.20. The third kappa shape index (κ3) is 8.19. The van der Waals surface area contributed by atoms with Crippen LogP contribution in [0.25, 0.3) is 0 Å². The zero-order valence-corrected chi connectivity index (χ0v) is 19.3. The number of Topliss-reactive ketones (excluding diaryl/α,β-unsaturated/α-hetero) is 1. The number of ketones is 1. The molecule has 0 unspecified atom stereocenters. The van der Waals surface area contributed by atoms with Gasteiger partial charge in [-0.3, -0.25) is 14.4 Å². The average Bonchev–Trinajstić information content (AvgIpc) is 2.70. The first-order valence-corrected chi connectivity index (χ1v) is 10.2. The Morgan fingerprint density at radius 3 is 2.15 bits per heavy atom.